The summed E-state index contributed by atoms with van der Waals surface area (Å²) in [6.07, 6.45) is 5.84. The lowest BCUT2D eigenvalue weighted by Crippen LogP contribution is -2.30. The maximum Gasteiger partial charge on any atom is 0.241 e. The summed E-state index contributed by atoms with van der Waals surface area (Å²) in [6.45, 7) is 1.93. The van der Waals surface area contributed by atoms with E-state index in [9.17, 15) is 8.42 Å². The van der Waals surface area contributed by atoms with Crippen molar-refractivity contribution in [2.45, 2.75) is 37.1 Å². The lowest BCUT2D eigenvalue weighted by molar-refractivity contribution is 0.438. The zero-order valence-electron chi connectivity index (χ0n) is 13.3. The highest BCUT2D eigenvalue weighted by Gasteiger charge is 2.28. The molecule has 2 aromatic heterocycles. The van der Waals surface area contributed by atoms with Crippen molar-refractivity contribution in [1.29, 1.82) is 0 Å². The molecule has 124 valence electrons. The summed E-state index contributed by atoms with van der Waals surface area (Å²) in [5.41, 5.74) is 2.62. The van der Waals surface area contributed by atoms with Gasteiger partial charge in [-0.05, 0) is 49.6 Å². The first-order valence-electron chi connectivity index (χ1n) is 7.99. The molecule has 1 aliphatic rings. The van der Waals surface area contributed by atoms with Gasteiger partial charge in [0.15, 0.2) is 0 Å². The number of sulfonamides is 1. The van der Waals surface area contributed by atoms with E-state index < -0.39 is 10.0 Å². The van der Waals surface area contributed by atoms with Crippen LogP contribution in [0, 0.1) is 6.92 Å². The van der Waals surface area contributed by atoms with Gasteiger partial charge in [-0.2, -0.15) is 0 Å². The van der Waals surface area contributed by atoms with Gasteiger partial charge in [-0.25, -0.2) is 13.1 Å². The van der Waals surface area contributed by atoms with Crippen LogP contribution in [-0.2, 0) is 16.4 Å². The van der Waals surface area contributed by atoms with Gasteiger partial charge in [-0.1, -0.05) is 6.07 Å². The van der Waals surface area contributed by atoms with Crippen LogP contribution in [0.15, 0.2) is 52.1 Å². The van der Waals surface area contributed by atoms with E-state index in [0.717, 1.165) is 36.1 Å². The van der Waals surface area contributed by atoms with E-state index in [-0.39, 0.29) is 10.9 Å². The SMILES string of the molecule is Cc1ccc(S(=O)(=O)NC2CCCc3occc32)c2cccnc12. The lowest BCUT2D eigenvalue weighted by Gasteiger charge is -2.23. The number of nitrogens with zero attached hydrogens (tertiary/aromatic N) is 1. The Balaban J connectivity index is 1.76. The number of aryl methyl sites for hydroxylation is 2. The van der Waals surface area contributed by atoms with Crippen molar-refractivity contribution < 1.29 is 12.8 Å². The van der Waals surface area contributed by atoms with Gasteiger partial charge in [0.2, 0.25) is 10.0 Å². The number of furan rings is 1. The van der Waals surface area contributed by atoms with Gasteiger partial charge in [0, 0.05) is 23.6 Å². The molecule has 3 aromatic rings. The van der Waals surface area contributed by atoms with Crippen LogP contribution in [0.4, 0.5) is 0 Å². The quantitative estimate of drug-likeness (QED) is 0.791. The minimum Gasteiger partial charge on any atom is -0.469 e. The molecular formula is C18H18N2O3S. The van der Waals surface area contributed by atoms with Crippen molar-refractivity contribution in [3.8, 4) is 0 Å². The predicted octanol–water partition coefficient (Wildman–Crippen LogP) is 3.49. The van der Waals surface area contributed by atoms with Crippen molar-refractivity contribution >= 4 is 20.9 Å². The second-order valence-corrected chi connectivity index (χ2v) is 7.83. The smallest absolute Gasteiger partial charge is 0.241 e. The normalized spacial score (nSPS) is 17.8. The van der Waals surface area contributed by atoms with Gasteiger partial charge in [-0.15, -0.1) is 0 Å². The average Bonchev–Trinajstić information content (AvgIpc) is 3.05. The number of rotatable bonds is 3. The van der Waals surface area contributed by atoms with E-state index in [2.05, 4.69) is 9.71 Å². The molecule has 0 spiro atoms. The first kappa shape index (κ1) is 15.4. The molecule has 24 heavy (non-hydrogen) atoms. The Morgan fingerprint density at radius 3 is 3.00 bits per heavy atom. The Morgan fingerprint density at radius 2 is 2.12 bits per heavy atom. The average molecular weight is 342 g/mol. The van der Waals surface area contributed by atoms with Gasteiger partial charge < -0.3 is 4.42 Å². The van der Waals surface area contributed by atoms with Crippen LogP contribution < -0.4 is 4.72 Å². The summed E-state index contributed by atoms with van der Waals surface area (Å²) >= 11 is 0. The van der Waals surface area contributed by atoms with E-state index in [0.29, 0.717) is 10.9 Å². The molecule has 4 rings (SSSR count). The summed E-state index contributed by atoms with van der Waals surface area (Å²) in [5.74, 6) is 0.879. The van der Waals surface area contributed by atoms with Gasteiger partial charge in [0.05, 0.1) is 22.7 Å². The van der Waals surface area contributed by atoms with Crippen LogP contribution in [0.3, 0.4) is 0 Å². The second kappa shape index (κ2) is 5.72. The number of fused-ring (bicyclic) bond motifs is 2. The van der Waals surface area contributed by atoms with E-state index in [1.165, 1.54) is 0 Å². The van der Waals surface area contributed by atoms with Crippen LogP contribution >= 0.6 is 0 Å². The van der Waals surface area contributed by atoms with E-state index in [1.54, 1.807) is 36.7 Å². The molecule has 2 heterocycles. The summed E-state index contributed by atoms with van der Waals surface area (Å²) < 4.78 is 34.3. The predicted molar refractivity (Wildman–Crippen MR) is 91.2 cm³/mol. The largest absolute Gasteiger partial charge is 0.469 e. The minimum atomic E-state index is -3.66. The molecule has 0 radical (unpaired) electrons. The summed E-state index contributed by atoms with van der Waals surface area (Å²) in [5, 5.41) is 0.647. The van der Waals surface area contributed by atoms with Crippen molar-refractivity contribution in [3.05, 3.63) is 59.7 Å². The van der Waals surface area contributed by atoms with Gasteiger partial charge in [0.25, 0.3) is 0 Å². The number of hydrogen-bond acceptors (Lipinski definition) is 4. The lowest BCUT2D eigenvalue weighted by atomic mass is 9.94. The van der Waals surface area contributed by atoms with Gasteiger partial charge >= 0.3 is 0 Å². The fourth-order valence-electron chi connectivity index (χ4n) is 3.38. The van der Waals surface area contributed by atoms with Crippen LogP contribution in [0.1, 0.15) is 35.8 Å². The highest BCUT2D eigenvalue weighted by atomic mass is 32.2. The third-order valence-corrected chi connectivity index (χ3v) is 6.10. The summed E-state index contributed by atoms with van der Waals surface area (Å²) in [6, 6.07) is 8.63. The molecular weight excluding hydrogens is 324 g/mol. The maximum atomic E-state index is 13.0. The highest BCUT2D eigenvalue weighted by molar-refractivity contribution is 7.89. The molecule has 0 aliphatic heterocycles. The number of hydrogen-bond donors (Lipinski definition) is 1. The topological polar surface area (TPSA) is 72.2 Å². The summed E-state index contributed by atoms with van der Waals surface area (Å²) in [7, 11) is -3.66. The standard InChI is InChI=1S/C18H18N2O3S/c1-12-7-8-17(14-4-3-10-19-18(12)14)24(21,22)20-15-5-2-6-16-13(15)9-11-23-16/h3-4,7-11,15,20H,2,5-6H2,1H3. The molecule has 0 fully saturated rings. The first-order valence-corrected chi connectivity index (χ1v) is 9.47. The van der Waals surface area contributed by atoms with E-state index in [1.807, 2.05) is 13.0 Å². The number of aromatic nitrogens is 1. The maximum absolute atomic E-state index is 13.0. The Bertz CT molecular complexity index is 1010. The van der Waals surface area contributed by atoms with Crippen molar-refractivity contribution in [1.82, 2.24) is 9.71 Å². The van der Waals surface area contributed by atoms with Crippen LogP contribution in [0.5, 0.6) is 0 Å². The molecule has 0 bridgehead atoms. The Morgan fingerprint density at radius 1 is 1.25 bits per heavy atom. The van der Waals surface area contributed by atoms with E-state index in [4.69, 9.17) is 4.42 Å². The minimum absolute atomic E-state index is 0.245. The zero-order chi connectivity index (χ0) is 16.7. The van der Waals surface area contributed by atoms with Crippen LogP contribution in [-0.4, -0.2) is 13.4 Å². The van der Waals surface area contributed by atoms with Gasteiger partial charge in [-0.3, -0.25) is 4.98 Å². The number of benzene rings is 1. The molecule has 0 saturated heterocycles. The molecule has 1 atom stereocenters. The molecule has 0 saturated carbocycles. The third-order valence-electron chi connectivity index (χ3n) is 4.57. The molecule has 1 aliphatic carbocycles. The Hall–Kier alpha value is -2.18. The zero-order valence-corrected chi connectivity index (χ0v) is 14.1. The number of nitrogens with one attached hydrogen (secondary N) is 1. The fraction of sp³-hybridized carbons (Fsp3) is 0.278. The first-order chi connectivity index (χ1) is 11.6. The highest BCUT2D eigenvalue weighted by Crippen LogP contribution is 2.32. The van der Waals surface area contributed by atoms with E-state index >= 15 is 0 Å². The molecule has 5 nitrogen and oxygen atoms in total. The second-order valence-electron chi connectivity index (χ2n) is 6.15. The van der Waals surface area contributed by atoms with Crippen molar-refractivity contribution in [2.24, 2.45) is 0 Å². The van der Waals surface area contributed by atoms with Crippen LogP contribution in [0.2, 0.25) is 0 Å². The van der Waals surface area contributed by atoms with Gasteiger partial charge in [0.1, 0.15) is 5.76 Å². The molecule has 1 aromatic carbocycles. The fourth-order valence-corrected chi connectivity index (χ4v) is 4.83. The summed E-state index contributed by atoms with van der Waals surface area (Å²) in [4.78, 5) is 4.59. The van der Waals surface area contributed by atoms with Crippen molar-refractivity contribution in [2.75, 3.05) is 0 Å². The molecule has 0 amide bonds. The van der Waals surface area contributed by atoms with Crippen molar-refractivity contribution in [3.63, 3.8) is 0 Å². The molecule has 1 N–H and O–H groups in total. The Labute approximate surface area is 140 Å². The molecule has 6 heteroatoms. The number of pyridine rings is 1. The third kappa shape index (κ3) is 2.52. The Kier molecular flexibility index (Phi) is 3.66. The van der Waals surface area contributed by atoms with Crippen LogP contribution in [0.25, 0.3) is 10.9 Å². The monoisotopic (exact) mass is 342 g/mol. The molecule has 1 unspecified atom stereocenters.